The van der Waals surface area contributed by atoms with Crippen molar-refractivity contribution >= 4 is 32.6 Å². The van der Waals surface area contributed by atoms with Gasteiger partial charge in [-0.15, -0.1) is 0 Å². The SMILES string of the molecule is COc1cccc(CN(C(=O)CN(C)S(=O)(=O)c2ccc3ccccc3c2)C(Cc2ccccc2)C(=O)NC(C)C)c1. The van der Waals surface area contributed by atoms with Crippen molar-refractivity contribution in [2.75, 3.05) is 20.7 Å². The number of benzene rings is 4. The molecule has 1 unspecified atom stereocenters. The Hall–Kier alpha value is -4.21. The van der Waals surface area contributed by atoms with E-state index in [2.05, 4.69) is 5.32 Å². The summed E-state index contributed by atoms with van der Waals surface area (Å²) in [6.07, 6.45) is 0.260. The Morgan fingerprint density at radius 3 is 2.19 bits per heavy atom. The van der Waals surface area contributed by atoms with Crippen LogP contribution in [0.4, 0.5) is 0 Å². The average molecular weight is 588 g/mol. The molecule has 0 bridgehead atoms. The number of carbonyl (C=O) groups excluding carboxylic acids is 2. The van der Waals surface area contributed by atoms with Gasteiger partial charge < -0.3 is 15.0 Å². The number of nitrogens with zero attached hydrogens (tertiary/aromatic N) is 2. The van der Waals surface area contributed by atoms with E-state index in [0.717, 1.165) is 26.2 Å². The van der Waals surface area contributed by atoms with Crippen molar-refractivity contribution in [2.24, 2.45) is 0 Å². The molecule has 9 heteroatoms. The van der Waals surface area contributed by atoms with Gasteiger partial charge in [-0.3, -0.25) is 9.59 Å². The highest BCUT2D eigenvalue weighted by molar-refractivity contribution is 7.89. The zero-order valence-electron chi connectivity index (χ0n) is 24.4. The van der Waals surface area contributed by atoms with E-state index in [1.165, 1.54) is 11.9 Å². The van der Waals surface area contributed by atoms with Crippen LogP contribution in [0.5, 0.6) is 5.75 Å². The van der Waals surface area contributed by atoms with E-state index in [-0.39, 0.29) is 29.8 Å². The van der Waals surface area contributed by atoms with Crippen LogP contribution in [0.1, 0.15) is 25.0 Å². The van der Waals surface area contributed by atoms with E-state index >= 15 is 0 Å². The number of methoxy groups -OCH3 is 1. The predicted molar refractivity (Wildman–Crippen MR) is 165 cm³/mol. The topological polar surface area (TPSA) is 96.0 Å². The van der Waals surface area contributed by atoms with E-state index in [0.29, 0.717) is 5.75 Å². The van der Waals surface area contributed by atoms with E-state index in [9.17, 15) is 18.0 Å². The lowest BCUT2D eigenvalue weighted by molar-refractivity contribution is -0.141. The molecule has 4 aromatic rings. The molecule has 1 N–H and O–H groups in total. The molecular formula is C33H37N3O5S. The number of likely N-dealkylation sites (N-methyl/N-ethyl adjacent to an activating group) is 1. The van der Waals surface area contributed by atoms with Crippen LogP contribution in [0.15, 0.2) is 102 Å². The molecule has 0 aliphatic carbocycles. The number of ether oxygens (including phenoxy) is 1. The number of amides is 2. The van der Waals surface area contributed by atoms with Crippen LogP contribution >= 0.6 is 0 Å². The number of rotatable bonds is 12. The summed E-state index contributed by atoms with van der Waals surface area (Å²) < 4.78 is 33.6. The van der Waals surface area contributed by atoms with Gasteiger partial charge in [0, 0.05) is 26.1 Å². The second-order valence-electron chi connectivity index (χ2n) is 10.5. The largest absolute Gasteiger partial charge is 0.497 e. The van der Waals surface area contributed by atoms with Crippen molar-refractivity contribution in [3.05, 3.63) is 108 Å². The van der Waals surface area contributed by atoms with Crippen LogP contribution in [0, 0.1) is 0 Å². The van der Waals surface area contributed by atoms with Gasteiger partial charge in [-0.05, 0) is 60.0 Å². The first kappa shape index (κ1) is 30.7. The van der Waals surface area contributed by atoms with Gasteiger partial charge in [0.25, 0.3) is 0 Å². The van der Waals surface area contributed by atoms with Gasteiger partial charge in [0.15, 0.2) is 0 Å². The third kappa shape index (κ3) is 7.54. The minimum atomic E-state index is -4.00. The number of sulfonamides is 1. The van der Waals surface area contributed by atoms with E-state index < -0.39 is 28.5 Å². The van der Waals surface area contributed by atoms with Crippen molar-refractivity contribution in [2.45, 2.75) is 43.8 Å². The first-order chi connectivity index (χ1) is 20.1. The highest BCUT2D eigenvalue weighted by Gasteiger charge is 2.33. The Labute approximate surface area is 248 Å². The molecule has 0 aliphatic heterocycles. The van der Waals surface area contributed by atoms with Crippen LogP contribution in [-0.4, -0.2) is 62.2 Å². The molecule has 0 saturated carbocycles. The van der Waals surface area contributed by atoms with Crippen LogP contribution in [0.25, 0.3) is 10.8 Å². The third-order valence-corrected chi connectivity index (χ3v) is 8.78. The normalized spacial score (nSPS) is 12.3. The summed E-state index contributed by atoms with van der Waals surface area (Å²) in [6.45, 7) is 3.35. The quantitative estimate of drug-likeness (QED) is 0.261. The third-order valence-electron chi connectivity index (χ3n) is 6.98. The molecule has 0 aliphatic rings. The number of fused-ring (bicyclic) bond motifs is 1. The number of hydrogen-bond acceptors (Lipinski definition) is 5. The fourth-order valence-electron chi connectivity index (χ4n) is 4.78. The van der Waals surface area contributed by atoms with Crippen LogP contribution in [0.3, 0.4) is 0 Å². The molecule has 0 aromatic heterocycles. The van der Waals surface area contributed by atoms with Gasteiger partial charge in [-0.2, -0.15) is 4.31 Å². The molecule has 220 valence electrons. The molecule has 0 heterocycles. The first-order valence-corrected chi connectivity index (χ1v) is 15.2. The van der Waals surface area contributed by atoms with Crippen LogP contribution in [0.2, 0.25) is 0 Å². The zero-order valence-corrected chi connectivity index (χ0v) is 25.2. The first-order valence-electron chi connectivity index (χ1n) is 13.8. The molecule has 42 heavy (non-hydrogen) atoms. The second kappa shape index (κ2) is 13.6. The van der Waals surface area contributed by atoms with E-state index in [1.54, 1.807) is 37.4 Å². The Morgan fingerprint density at radius 1 is 0.833 bits per heavy atom. The maximum atomic E-state index is 14.0. The maximum Gasteiger partial charge on any atom is 0.243 e. The maximum absolute atomic E-state index is 14.0. The Balaban J connectivity index is 1.68. The molecule has 4 rings (SSSR count). The molecule has 0 fully saturated rings. The molecule has 2 amide bonds. The highest BCUT2D eigenvalue weighted by Crippen LogP contribution is 2.23. The van der Waals surface area contributed by atoms with Crippen molar-refractivity contribution in [3.63, 3.8) is 0 Å². The monoisotopic (exact) mass is 587 g/mol. The second-order valence-corrected chi connectivity index (χ2v) is 12.6. The Kier molecular flexibility index (Phi) is 9.98. The summed E-state index contributed by atoms with van der Waals surface area (Å²) in [5.41, 5.74) is 1.63. The van der Waals surface area contributed by atoms with Crippen molar-refractivity contribution in [1.29, 1.82) is 0 Å². The lowest BCUT2D eigenvalue weighted by atomic mass is 10.0. The van der Waals surface area contributed by atoms with Gasteiger partial charge >= 0.3 is 0 Å². The molecule has 0 saturated heterocycles. The lowest BCUT2D eigenvalue weighted by Gasteiger charge is -2.33. The van der Waals surface area contributed by atoms with Gasteiger partial charge in [-0.1, -0.05) is 72.8 Å². The molecule has 8 nitrogen and oxygen atoms in total. The molecule has 4 aromatic carbocycles. The molecule has 0 spiro atoms. The number of nitrogens with one attached hydrogen (secondary N) is 1. The molecule has 0 radical (unpaired) electrons. The van der Waals surface area contributed by atoms with Crippen molar-refractivity contribution in [3.8, 4) is 5.75 Å². The van der Waals surface area contributed by atoms with Gasteiger partial charge in [0.1, 0.15) is 11.8 Å². The summed E-state index contributed by atoms with van der Waals surface area (Å²) in [4.78, 5) is 29.2. The predicted octanol–water partition coefficient (Wildman–Crippen LogP) is 4.63. The van der Waals surface area contributed by atoms with E-state index in [1.807, 2.05) is 80.6 Å². The summed E-state index contributed by atoms with van der Waals surface area (Å²) >= 11 is 0. The Morgan fingerprint density at radius 2 is 1.50 bits per heavy atom. The number of carbonyl (C=O) groups is 2. The van der Waals surface area contributed by atoms with Gasteiger partial charge in [0.2, 0.25) is 21.8 Å². The standard InChI is InChI=1S/C33H37N3O5S/c1-24(2)34-33(38)31(20-25-11-6-5-7-12-25)36(22-26-13-10-16-29(19-26)41-4)32(37)23-35(3)42(39,40)30-18-17-27-14-8-9-15-28(27)21-30/h5-19,21,24,31H,20,22-23H2,1-4H3,(H,34,38). The Bertz CT molecular complexity index is 1640. The summed E-state index contributed by atoms with van der Waals surface area (Å²) in [7, 11) is -1.06. The van der Waals surface area contributed by atoms with Crippen LogP contribution < -0.4 is 10.1 Å². The van der Waals surface area contributed by atoms with Gasteiger partial charge in [-0.25, -0.2) is 8.42 Å². The smallest absolute Gasteiger partial charge is 0.243 e. The zero-order chi connectivity index (χ0) is 30.3. The van der Waals surface area contributed by atoms with Crippen LogP contribution in [-0.2, 0) is 32.6 Å². The fraction of sp³-hybridized carbons (Fsp3) is 0.273. The number of hydrogen-bond donors (Lipinski definition) is 1. The van der Waals surface area contributed by atoms with Crippen molar-refractivity contribution in [1.82, 2.24) is 14.5 Å². The summed E-state index contributed by atoms with van der Waals surface area (Å²) in [5, 5.41) is 4.64. The minimum Gasteiger partial charge on any atom is -0.497 e. The van der Waals surface area contributed by atoms with Crippen molar-refractivity contribution < 1.29 is 22.7 Å². The fourth-order valence-corrected chi connectivity index (χ4v) is 5.93. The molecular weight excluding hydrogens is 550 g/mol. The van der Waals surface area contributed by atoms with E-state index in [4.69, 9.17) is 4.74 Å². The minimum absolute atomic E-state index is 0.0862. The summed E-state index contributed by atoms with van der Waals surface area (Å²) in [5.74, 6) is -0.197. The molecule has 1 atom stereocenters. The van der Waals surface area contributed by atoms with Gasteiger partial charge in [0.05, 0.1) is 18.6 Å². The average Bonchev–Trinajstić information content (AvgIpc) is 2.98. The highest BCUT2D eigenvalue weighted by atomic mass is 32.2. The lowest BCUT2D eigenvalue weighted by Crippen LogP contribution is -2.53. The summed E-state index contributed by atoms with van der Waals surface area (Å²) in [6, 6.07) is 28.1.